The lowest BCUT2D eigenvalue weighted by Gasteiger charge is -2.21. The number of hydrogen-bond acceptors (Lipinski definition) is 4. The Balaban J connectivity index is 2.16. The molecule has 0 aliphatic carbocycles. The number of nitrogens with one attached hydrogen (secondary N) is 1. The second-order valence-electron chi connectivity index (χ2n) is 4.36. The highest BCUT2D eigenvalue weighted by molar-refractivity contribution is 6.00. The van der Waals surface area contributed by atoms with Gasteiger partial charge < -0.3 is 15.4 Å². The molecule has 0 spiro atoms. The molecule has 2 rings (SSSR count). The third-order valence-electron chi connectivity index (χ3n) is 3.12. The molecule has 3 N–H and O–H groups in total. The Bertz CT molecular complexity index is 407. The van der Waals surface area contributed by atoms with E-state index in [1.54, 1.807) is 25.6 Å². The van der Waals surface area contributed by atoms with Crippen molar-refractivity contribution in [1.82, 2.24) is 4.98 Å². The predicted molar refractivity (Wildman–Crippen MR) is 67.4 cm³/mol. The van der Waals surface area contributed by atoms with E-state index in [2.05, 4.69) is 9.88 Å². The number of nitrogens with zero attached hydrogens (tertiary/aromatic N) is 2. The summed E-state index contributed by atoms with van der Waals surface area (Å²) in [7, 11) is 1.73. The molecular formula is C12H18N4O. The van der Waals surface area contributed by atoms with Gasteiger partial charge in [-0.05, 0) is 12.5 Å². The molecular weight excluding hydrogens is 216 g/mol. The van der Waals surface area contributed by atoms with E-state index in [0.29, 0.717) is 5.92 Å². The molecule has 2 heterocycles. The Hall–Kier alpha value is -1.62. The lowest BCUT2D eigenvalue weighted by molar-refractivity contribution is 0.161. The number of nitrogen functional groups attached to an aromatic ring is 1. The van der Waals surface area contributed by atoms with E-state index in [9.17, 15) is 0 Å². The molecule has 1 atom stereocenters. The highest BCUT2D eigenvalue weighted by atomic mass is 16.5. The van der Waals surface area contributed by atoms with Crippen molar-refractivity contribution in [2.75, 3.05) is 31.7 Å². The largest absolute Gasteiger partial charge is 0.384 e. The molecule has 0 radical (unpaired) electrons. The van der Waals surface area contributed by atoms with Crippen LogP contribution < -0.4 is 10.6 Å². The van der Waals surface area contributed by atoms with E-state index in [1.807, 2.05) is 0 Å². The molecule has 0 aromatic carbocycles. The summed E-state index contributed by atoms with van der Waals surface area (Å²) >= 11 is 0. The van der Waals surface area contributed by atoms with E-state index in [1.165, 1.54) is 0 Å². The van der Waals surface area contributed by atoms with Gasteiger partial charge in [-0.2, -0.15) is 0 Å². The smallest absolute Gasteiger partial charge is 0.125 e. The Kier molecular flexibility index (Phi) is 3.58. The lowest BCUT2D eigenvalue weighted by atomic mass is 10.1. The fourth-order valence-corrected chi connectivity index (χ4v) is 2.29. The summed E-state index contributed by atoms with van der Waals surface area (Å²) in [5.74, 6) is 0.651. The summed E-state index contributed by atoms with van der Waals surface area (Å²) < 4.78 is 5.18. The number of anilines is 1. The van der Waals surface area contributed by atoms with Crippen LogP contribution in [0.2, 0.25) is 0 Å². The Morgan fingerprint density at radius 2 is 2.53 bits per heavy atom. The Labute approximate surface area is 101 Å². The van der Waals surface area contributed by atoms with Crippen LogP contribution in [0, 0.1) is 11.3 Å². The van der Waals surface area contributed by atoms with Crippen LogP contribution in [0.25, 0.3) is 0 Å². The van der Waals surface area contributed by atoms with Gasteiger partial charge in [-0.25, -0.2) is 0 Å². The maximum absolute atomic E-state index is 7.57. The monoisotopic (exact) mass is 234 g/mol. The number of amidine groups is 1. The van der Waals surface area contributed by atoms with Crippen LogP contribution >= 0.6 is 0 Å². The van der Waals surface area contributed by atoms with Crippen molar-refractivity contribution < 1.29 is 4.74 Å². The van der Waals surface area contributed by atoms with Gasteiger partial charge in [-0.15, -0.1) is 0 Å². The van der Waals surface area contributed by atoms with Crippen molar-refractivity contribution in [2.45, 2.75) is 6.42 Å². The van der Waals surface area contributed by atoms with Gasteiger partial charge in [0.05, 0.1) is 18.5 Å². The van der Waals surface area contributed by atoms with Crippen LogP contribution in [0.15, 0.2) is 18.5 Å². The normalized spacial score (nSPS) is 19.6. The standard InChI is InChI=1S/C12H18N4O/c1-17-8-9-3-5-16(7-9)11-6-15-4-2-10(11)12(13)14/h2,4,6,9H,3,5,7-8H2,1H3,(H3,13,14). The van der Waals surface area contributed by atoms with Crippen LogP contribution in [-0.4, -0.2) is 37.6 Å². The quantitative estimate of drug-likeness (QED) is 0.598. The maximum Gasteiger partial charge on any atom is 0.125 e. The van der Waals surface area contributed by atoms with Gasteiger partial charge in [0.25, 0.3) is 0 Å². The van der Waals surface area contributed by atoms with E-state index >= 15 is 0 Å². The zero-order valence-corrected chi connectivity index (χ0v) is 10.0. The third-order valence-corrected chi connectivity index (χ3v) is 3.12. The van der Waals surface area contributed by atoms with Crippen molar-refractivity contribution in [3.8, 4) is 0 Å². The fourth-order valence-electron chi connectivity index (χ4n) is 2.29. The number of pyridine rings is 1. The molecule has 1 fully saturated rings. The Morgan fingerprint density at radius 3 is 3.24 bits per heavy atom. The van der Waals surface area contributed by atoms with Crippen LogP contribution in [0.3, 0.4) is 0 Å². The molecule has 17 heavy (non-hydrogen) atoms. The van der Waals surface area contributed by atoms with Gasteiger partial charge in [0.2, 0.25) is 0 Å². The summed E-state index contributed by atoms with van der Waals surface area (Å²) in [6, 6.07) is 1.79. The predicted octanol–water partition coefficient (Wildman–Crippen LogP) is 0.838. The van der Waals surface area contributed by atoms with Gasteiger partial charge in [-0.1, -0.05) is 0 Å². The topological polar surface area (TPSA) is 75.2 Å². The average molecular weight is 234 g/mol. The van der Waals surface area contributed by atoms with Gasteiger partial charge in [0.1, 0.15) is 5.84 Å². The maximum atomic E-state index is 7.57. The number of hydrogen-bond donors (Lipinski definition) is 2. The minimum atomic E-state index is 0.0950. The second-order valence-corrected chi connectivity index (χ2v) is 4.36. The molecule has 5 heteroatoms. The van der Waals surface area contributed by atoms with Crippen LogP contribution in [0.1, 0.15) is 12.0 Å². The Morgan fingerprint density at radius 1 is 1.71 bits per heavy atom. The minimum absolute atomic E-state index is 0.0950. The first-order valence-corrected chi connectivity index (χ1v) is 5.74. The van der Waals surface area contributed by atoms with Gasteiger partial charge in [0.15, 0.2) is 0 Å². The molecule has 1 unspecified atom stereocenters. The molecule has 92 valence electrons. The number of rotatable bonds is 4. The van der Waals surface area contributed by atoms with Crippen molar-refractivity contribution in [1.29, 1.82) is 5.41 Å². The summed E-state index contributed by atoms with van der Waals surface area (Å²) in [4.78, 5) is 6.35. The van der Waals surface area contributed by atoms with Gasteiger partial charge in [-0.3, -0.25) is 10.4 Å². The summed E-state index contributed by atoms with van der Waals surface area (Å²) in [6.45, 7) is 2.70. The molecule has 1 saturated heterocycles. The van der Waals surface area contributed by atoms with E-state index in [4.69, 9.17) is 15.9 Å². The zero-order chi connectivity index (χ0) is 12.3. The van der Waals surface area contributed by atoms with Crippen LogP contribution in [-0.2, 0) is 4.74 Å². The molecule has 0 saturated carbocycles. The molecule has 1 aliphatic rings. The summed E-state index contributed by atoms with van der Waals surface area (Å²) in [5.41, 5.74) is 7.30. The summed E-state index contributed by atoms with van der Waals surface area (Å²) in [5, 5.41) is 7.57. The lowest BCUT2D eigenvalue weighted by Crippen LogP contribution is -2.25. The first kappa shape index (κ1) is 11.9. The molecule has 5 nitrogen and oxygen atoms in total. The molecule has 1 aliphatic heterocycles. The SMILES string of the molecule is COCC1CCN(c2cnccc2C(=N)N)C1. The van der Waals surface area contributed by atoms with Gasteiger partial charge in [0, 0.05) is 37.9 Å². The van der Waals surface area contributed by atoms with Gasteiger partial charge >= 0.3 is 0 Å². The third kappa shape index (κ3) is 2.55. The summed E-state index contributed by atoms with van der Waals surface area (Å²) in [6.07, 6.45) is 4.56. The van der Waals surface area contributed by atoms with Crippen molar-refractivity contribution in [3.63, 3.8) is 0 Å². The van der Waals surface area contributed by atoms with Crippen molar-refractivity contribution in [2.24, 2.45) is 11.7 Å². The number of aromatic nitrogens is 1. The highest BCUT2D eigenvalue weighted by Crippen LogP contribution is 2.26. The first-order valence-electron chi connectivity index (χ1n) is 5.74. The van der Waals surface area contributed by atoms with Crippen molar-refractivity contribution in [3.05, 3.63) is 24.0 Å². The second kappa shape index (κ2) is 5.14. The number of nitrogens with two attached hydrogens (primary N) is 1. The van der Waals surface area contributed by atoms with Crippen molar-refractivity contribution >= 4 is 11.5 Å². The molecule has 1 aromatic rings. The fraction of sp³-hybridized carbons (Fsp3) is 0.500. The molecule has 0 bridgehead atoms. The minimum Gasteiger partial charge on any atom is -0.384 e. The number of methoxy groups -OCH3 is 1. The molecule has 1 aromatic heterocycles. The highest BCUT2D eigenvalue weighted by Gasteiger charge is 2.24. The van der Waals surface area contributed by atoms with E-state index in [-0.39, 0.29) is 5.84 Å². The van der Waals surface area contributed by atoms with E-state index in [0.717, 1.165) is 37.4 Å². The van der Waals surface area contributed by atoms with Crippen LogP contribution in [0.5, 0.6) is 0 Å². The van der Waals surface area contributed by atoms with E-state index < -0.39 is 0 Å². The molecule has 0 amide bonds. The average Bonchev–Trinajstić information content (AvgIpc) is 2.78. The number of ether oxygens (including phenoxy) is 1. The van der Waals surface area contributed by atoms with Crippen LogP contribution in [0.4, 0.5) is 5.69 Å². The zero-order valence-electron chi connectivity index (χ0n) is 10.0. The first-order chi connectivity index (χ1) is 8.22.